The van der Waals surface area contributed by atoms with E-state index in [1.165, 1.54) is 0 Å². The number of hydrogen-bond donors (Lipinski definition) is 2. The molecule has 0 radical (unpaired) electrons. The topological polar surface area (TPSA) is 136 Å². The second-order valence-electron chi connectivity index (χ2n) is 9.52. The van der Waals surface area contributed by atoms with Gasteiger partial charge in [0.1, 0.15) is 17.6 Å². The number of H-pyrrole nitrogens is 1. The van der Waals surface area contributed by atoms with E-state index >= 15 is 0 Å². The van der Waals surface area contributed by atoms with Crippen molar-refractivity contribution in [2.75, 3.05) is 24.5 Å². The zero-order valence-corrected chi connectivity index (χ0v) is 18.9. The van der Waals surface area contributed by atoms with Gasteiger partial charge in [-0.1, -0.05) is 10.3 Å². The van der Waals surface area contributed by atoms with Crippen molar-refractivity contribution in [1.82, 2.24) is 30.5 Å². The number of fused-ring (bicyclic) bond motifs is 3. The quantitative estimate of drug-likeness (QED) is 0.418. The maximum absolute atomic E-state index is 6.29. The average molecular weight is 457 g/mol. The van der Waals surface area contributed by atoms with Crippen molar-refractivity contribution in [1.29, 1.82) is 0 Å². The summed E-state index contributed by atoms with van der Waals surface area (Å²) in [5, 5.41) is 16.9. The molecule has 1 aromatic carbocycles. The number of piperidine rings is 1. The molecule has 1 aliphatic carbocycles. The minimum atomic E-state index is -0.0957. The Morgan fingerprint density at radius 1 is 1.24 bits per heavy atom. The lowest BCUT2D eigenvalue weighted by atomic mass is 9.94. The smallest absolute Gasteiger partial charge is 0.202 e. The van der Waals surface area contributed by atoms with Gasteiger partial charge in [0, 0.05) is 41.6 Å². The van der Waals surface area contributed by atoms with E-state index in [0.717, 1.165) is 70.0 Å². The highest BCUT2D eigenvalue weighted by Gasteiger charge is 2.67. The Bertz CT molecular complexity index is 1550. The highest BCUT2D eigenvalue weighted by Crippen LogP contribution is 2.63. The van der Waals surface area contributed by atoms with Gasteiger partial charge in [0.15, 0.2) is 5.58 Å². The minimum Gasteiger partial charge on any atom is -0.364 e. The first-order valence-electron chi connectivity index (χ1n) is 11.5. The van der Waals surface area contributed by atoms with Gasteiger partial charge in [0.2, 0.25) is 5.65 Å². The lowest BCUT2D eigenvalue weighted by Crippen LogP contribution is -2.32. The summed E-state index contributed by atoms with van der Waals surface area (Å²) in [6, 6.07) is 5.94. The Morgan fingerprint density at radius 3 is 2.97 bits per heavy atom. The van der Waals surface area contributed by atoms with Gasteiger partial charge < -0.3 is 19.7 Å². The van der Waals surface area contributed by atoms with Crippen LogP contribution in [-0.2, 0) is 5.41 Å². The summed E-state index contributed by atoms with van der Waals surface area (Å²) in [6.07, 6.45) is 4.60. The lowest BCUT2D eigenvalue weighted by Gasteiger charge is -2.26. The predicted octanol–water partition coefficient (Wildman–Crippen LogP) is 3.12. The Kier molecular flexibility index (Phi) is 3.97. The molecule has 3 unspecified atom stereocenters. The van der Waals surface area contributed by atoms with Gasteiger partial charge in [-0.15, -0.1) is 0 Å². The van der Waals surface area contributed by atoms with Crippen molar-refractivity contribution in [2.45, 2.75) is 25.7 Å². The third-order valence-corrected chi connectivity index (χ3v) is 7.87. The van der Waals surface area contributed by atoms with Gasteiger partial charge in [-0.3, -0.25) is 5.10 Å². The maximum Gasteiger partial charge on any atom is 0.202 e. The maximum atomic E-state index is 6.29. The third kappa shape index (κ3) is 2.57. The standard InChI is InChI=1S/C24H24N8O2/c1-12-10-33-31-22(12)24(11-25)16-5-6-32(9-17(16)24)19-8-26-21-20(28-29-23(21)27-19)14-3-4-18-15(7-14)13(2)30-34-18/h3-4,7-8,10,16-17H,5-6,9,11,25H2,1-2H3,(H,27,28,29). The zero-order valence-electron chi connectivity index (χ0n) is 18.9. The van der Waals surface area contributed by atoms with Crippen LogP contribution in [0, 0.1) is 25.7 Å². The molecule has 4 aromatic heterocycles. The second-order valence-corrected chi connectivity index (χ2v) is 9.52. The Morgan fingerprint density at radius 2 is 2.15 bits per heavy atom. The van der Waals surface area contributed by atoms with Crippen LogP contribution in [0.5, 0.6) is 0 Å². The molecule has 1 saturated heterocycles. The van der Waals surface area contributed by atoms with Gasteiger partial charge >= 0.3 is 0 Å². The van der Waals surface area contributed by atoms with Crippen LogP contribution < -0.4 is 10.6 Å². The highest BCUT2D eigenvalue weighted by atomic mass is 16.5. The SMILES string of the molecule is Cc1conc1C1(CN)C2CCN(c3cnc4c(-c5ccc6onc(C)c6c5)[nH]nc4n3)CC21. The largest absolute Gasteiger partial charge is 0.364 e. The molecule has 1 saturated carbocycles. The molecule has 0 spiro atoms. The minimum absolute atomic E-state index is 0.0957. The summed E-state index contributed by atoms with van der Waals surface area (Å²) in [5.41, 5.74) is 13.1. The van der Waals surface area contributed by atoms with Crippen LogP contribution in [-0.4, -0.2) is 50.1 Å². The van der Waals surface area contributed by atoms with Gasteiger partial charge in [0.25, 0.3) is 0 Å². The number of benzene rings is 1. The predicted molar refractivity (Wildman–Crippen MR) is 125 cm³/mol. The van der Waals surface area contributed by atoms with E-state index < -0.39 is 0 Å². The molecule has 2 fully saturated rings. The lowest BCUT2D eigenvalue weighted by molar-refractivity contribution is 0.397. The van der Waals surface area contributed by atoms with E-state index in [9.17, 15) is 0 Å². The van der Waals surface area contributed by atoms with Crippen LogP contribution in [0.1, 0.15) is 23.4 Å². The molecule has 172 valence electrons. The van der Waals surface area contributed by atoms with Gasteiger partial charge in [-0.05, 0) is 50.3 Å². The average Bonchev–Trinajstić information content (AvgIpc) is 3.24. The van der Waals surface area contributed by atoms with Crippen molar-refractivity contribution >= 4 is 28.0 Å². The number of anilines is 1. The fourth-order valence-corrected chi connectivity index (χ4v) is 6.03. The Labute approximate surface area is 194 Å². The van der Waals surface area contributed by atoms with E-state index in [1.54, 1.807) is 6.26 Å². The number of nitrogens with one attached hydrogen (secondary N) is 1. The molecule has 5 heterocycles. The number of aromatic nitrogens is 6. The van der Waals surface area contributed by atoms with Crippen LogP contribution in [0.15, 0.2) is 39.7 Å². The van der Waals surface area contributed by atoms with Crippen molar-refractivity contribution in [3.63, 3.8) is 0 Å². The van der Waals surface area contributed by atoms with E-state index in [1.807, 2.05) is 38.2 Å². The van der Waals surface area contributed by atoms with E-state index in [-0.39, 0.29) is 5.41 Å². The Hall–Kier alpha value is -3.79. The van der Waals surface area contributed by atoms with Crippen LogP contribution in [0.4, 0.5) is 5.82 Å². The summed E-state index contributed by atoms with van der Waals surface area (Å²) in [5.74, 6) is 1.80. The molecule has 10 heteroatoms. The molecule has 7 rings (SSSR count). The molecule has 10 nitrogen and oxygen atoms in total. The number of aryl methyl sites for hydroxylation is 2. The molecule has 0 bridgehead atoms. The summed E-state index contributed by atoms with van der Waals surface area (Å²) in [4.78, 5) is 11.9. The van der Waals surface area contributed by atoms with Crippen LogP contribution >= 0.6 is 0 Å². The zero-order chi connectivity index (χ0) is 23.0. The van der Waals surface area contributed by atoms with E-state index in [0.29, 0.717) is 24.0 Å². The second kappa shape index (κ2) is 6.86. The third-order valence-electron chi connectivity index (χ3n) is 7.87. The summed E-state index contributed by atoms with van der Waals surface area (Å²) in [7, 11) is 0. The van der Waals surface area contributed by atoms with Gasteiger partial charge in [-0.25, -0.2) is 9.97 Å². The first kappa shape index (κ1) is 19.7. The summed E-state index contributed by atoms with van der Waals surface area (Å²) >= 11 is 0. The molecular weight excluding hydrogens is 432 g/mol. The molecule has 3 atom stereocenters. The fourth-order valence-electron chi connectivity index (χ4n) is 6.03. The van der Waals surface area contributed by atoms with E-state index in [4.69, 9.17) is 24.7 Å². The summed E-state index contributed by atoms with van der Waals surface area (Å²) in [6.45, 7) is 6.32. The Balaban J connectivity index is 1.19. The van der Waals surface area contributed by atoms with Crippen LogP contribution in [0.25, 0.3) is 33.4 Å². The molecule has 1 aliphatic heterocycles. The molecule has 34 heavy (non-hydrogen) atoms. The first-order valence-corrected chi connectivity index (χ1v) is 11.5. The number of rotatable bonds is 4. The van der Waals surface area contributed by atoms with Crippen molar-refractivity contribution in [3.8, 4) is 11.3 Å². The van der Waals surface area contributed by atoms with Crippen molar-refractivity contribution < 1.29 is 9.05 Å². The monoisotopic (exact) mass is 456 g/mol. The highest BCUT2D eigenvalue weighted by molar-refractivity contribution is 5.92. The van der Waals surface area contributed by atoms with Crippen molar-refractivity contribution in [2.24, 2.45) is 17.6 Å². The molecule has 0 amide bonds. The number of aromatic amines is 1. The first-order chi connectivity index (χ1) is 16.6. The number of nitrogens with zero attached hydrogens (tertiary/aromatic N) is 6. The molecule has 5 aromatic rings. The van der Waals surface area contributed by atoms with Crippen molar-refractivity contribution in [3.05, 3.63) is 47.6 Å². The van der Waals surface area contributed by atoms with E-state index in [2.05, 4.69) is 25.4 Å². The molecule has 2 aliphatic rings. The van der Waals surface area contributed by atoms with Gasteiger partial charge in [0.05, 0.1) is 23.3 Å². The number of nitrogens with two attached hydrogens (primary N) is 1. The summed E-state index contributed by atoms with van der Waals surface area (Å²) < 4.78 is 10.6. The molecular formula is C24H24N8O2. The molecule has 3 N–H and O–H groups in total. The van der Waals surface area contributed by atoms with Gasteiger partial charge in [-0.2, -0.15) is 5.10 Å². The fraction of sp³-hybridized carbons (Fsp3) is 0.375. The van der Waals surface area contributed by atoms with Crippen LogP contribution in [0.3, 0.4) is 0 Å². The van der Waals surface area contributed by atoms with Crippen LogP contribution in [0.2, 0.25) is 0 Å². The normalized spacial score (nSPS) is 24.1. The number of hydrogen-bond acceptors (Lipinski definition) is 9.